The van der Waals surface area contributed by atoms with Crippen molar-refractivity contribution in [3.8, 4) is 5.75 Å². The number of hydrogen-bond donors (Lipinski definition) is 1. The summed E-state index contributed by atoms with van der Waals surface area (Å²) in [5, 5.41) is 21.1. The lowest BCUT2D eigenvalue weighted by Gasteiger charge is -2.02. The standard InChI is InChI=1S/C13H8Cl2N2O3/c14-9-5-8(13(18)12(6-9)17(19)20)7-16-11-4-2-1-3-10(11)15/h1-7,18H. The van der Waals surface area contributed by atoms with Crippen LogP contribution in [0, 0.1) is 10.1 Å². The molecule has 0 unspecified atom stereocenters. The Morgan fingerprint density at radius 3 is 2.60 bits per heavy atom. The second kappa shape index (κ2) is 5.90. The smallest absolute Gasteiger partial charge is 0.312 e. The minimum Gasteiger partial charge on any atom is -0.502 e. The molecule has 0 spiro atoms. The van der Waals surface area contributed by atoms with E-state index in [1.807, 2.05) is 0 Å². The second-order valence-corrected chi connectivity index (χ2v) is 4.67. The zero-order valence-corrected chi connectivity index (χ0v) is 11.5. The molecule has 5 nitrogen and oxygen atoms in total. The van der Waals surface area contributed by atoms with Crippen molar-refractivity contribution < 1.29 is 10.0 Å². The molecule has 0 saturated carbocycles. The first-order chi connectivity index (χ1) is 9.49. The fraction of sp³-hybridized carbons (Fsp3) is 0. The molecule has 0 aromatic heterocycles. The maximum Gasteiger partial charge on any atom is 0.312 e. The van der Waals surface area contributed by atoms with Crippen LogP contribution < -0.4 is 0 Å². The summed E-state index contributed by atoms with van der Waals surface area (Å²) in [5.41, 5.74) is 0.151. The zero-order chi connectivity index (χ0) is 14.7. The SMILES string of the molecule is O=[N+]([O-])c1cc(Cl)cc(C=Nc2ccccc2Cl)c1O. The first-order valence-electron chi connectivity index (χ1n) is 5.44. The Balaban J connectivity index is 2.44. The summed E-state index contributed by atoms with van der Waals surface area (Å²) in [6.07, 6.45) is 1.27. The van der Waals surface area contributed by atoms with Crippen LogP contribution in [0.15, 0.2) is 41.4 Å². The van der Waals surface area contributed by atoms with Gasteiger partial charge in [0.1, 0.15) is 0 Å². The predicted molar refractivity (Wildman–Crippen MR) is 78.5 cm³/mol. The molecule has 0 atom stereocenters. The van der Waals surface area contributed by atoms with Crippen molar-refractivity contribution in [3.05, 3.63) is 62.1 Å². The van der Waals surface area contributed by atoms with E-state index in [1.54, 1.807) is 24.3 Å². The topological polar surface area (TPSA) is 75.7 Å². The quantitative estimate of drug-likeness (QED) is 0.520. The first-order valence-corrected chi connectivity index (χ1v) is 6.20. The molecule has 0 heterocycles. The normalized spacial score (nSPS) is 10.9. The van der Waals surface area contributed by atoms with Crippen LogP contribution in [-0.2, 0) is 0 Å². The summed E-state index contributed by atoms with van der Waals surface area (Å²) in [6, 6.07) is 9.29. The van der Waals surface area contributed by atoms with Crippen molar-refractivity contribution in [2.24, 2.45) is 4.99 Å². The molecular formula is C13H8Cl2N2O3. The summed E-state index contributed by atoms with van der Waals surface area (Å²) < 4.78 is 0. The number of para-hydroxylation sites is 1. The van der Waals surface area contributed by atoms with Crippen molar-refractivity contribution in [1.82, 2.24) is 0 Å². The third-order valence-electron chi connectivity index (χ3n) is 2.48. The van der Waals surface area contributed by atoms with Gasteiger partial charge in [0, 0.05) is 22.9 Å². The summed E-state index contributed by atoms with van der Waals surface area (Å²) >= 11 is 11.7. The highest BCUT2D eigenvalue weighted by Crippen LogP contribution is 2.33. The maximum atomic E-state index is 10.8. The van der Waals surface area contributed by atoms with E-state index in [-0.39, 0.29) is 10.6 Å². The highest BCUT2D eigenvalue weighted by molar-refractivity contribution is 6.33. The van der Waals surface area contributed by atoms with Gasteiger partial charge in [0.2, 0.25) is 5.75 Å². The molecule has 0 radical (unpaired) electrons. The number of benzene rings is 2. The van der Waals surface area contributed by atoms with Gasteiger partial charge in [-0.3, -0.25) is 15.1 Å². The number of nitrogens with zero attached hydrogens (tertiary/aromatic N) is 2. The van der Waals surface area contributed by atoms with Gasteiger partial charge in [-0.1, -0.05) is 35.3 Å². The number of halogens is 2. The highest BCUT2D eigenvalue weighted by atomic mass is 35.5. The van der Waals surface area contributed by atoms with E-state index >= 15 is 0 Å². The average Bonchev–Trinajstić information content (AvgIpc) is 2.40. The highest BCUT2D eigenvalue weighted by Gasteiger charge is 2.17. The monoisotopic (exact) mass is 310 g/mol. The van der Waals surface area contributed by atoms with E-state index in [0.29, 0.717) is 10.7 Å². The third kappa shape index (κ3) is 3.07. The van der Waals surface area contributed by atoms with Gasteiger partial charge in [0.05, 0.1) is 15.6 Å². The Morgan fingerprint density at radius 2 is 1.95 bits per heavy atom. The lowest BCUT2D eigenvalue weighted by Crippen LogP contribution is -1.92. The van der Waals surface area contributed by atoms with E-state index in [4.69, 9.17) is 23.2 Å². The molecule has 0 aliphatic rings. The van der Waals surface area contributed by atoms with Crippen LogP contribution in [0.25, 0.3) is 0 Å². The molecular weight excluding hydrogens is 303 g/mol. The number of aliphatic imine (C=N–C) groups is 1. The molecule has 7 heteroatoms. The van der Waals surface area contributed by atoms with Crippen LogP contribution in [0.4, 0.5) is 11.4 Å². The number of aromatic hydroxyl groups is 1. The third-order valence-corrected chi connectivity index (χ3v) is 3.01. The largest absolute Gasteiger partial charge is 0.502 e. The van der Waals surface area contributed by atoms with Crippen molar-refractivity contribution in [1.29, 1.82) is 0 Å². The number of rotatable bonds is 3. The van der Waals surface area contributed by atoms with E-state index in [9.17, 15) is 15.2 Å². The first kappa shape index (κ1) is 14.3. The van der Waals surface area contributed by atoms with Gasteiger partial charge in [-0.15, -0.1) is 0 Å². The molecule has 2 rings (SSSR count). The predicted octanol–water partition coefficient (Wildman–Crippen LogP) is 4.36. The molecule has 2 aromatic rings. The Morgan fingerprint density at radius 1 is 1.25 bits per heavy atom. The van der Waals surface area contributed by atoms with E-state index in [2.05, 4.69) is 4.99 Å². The van der Waals surface area contributed by atoms with Crippen LogP contribution in [0.3, 0.4) is 0 Å². The van der Waals surface area contributed by atoms with Gasteiger partial charge in [0.15, 0.2) is 0 Å². The Labute approximate surface area is 124 Å². The van der Waals surface area contributed by atoms with Crippen LogP contribution in [-0.4, -0.2) is 16.2 Å². The fourth-order valence-electron chi connectivity index (χ4n) is 1.54. The zero-order valence-electron chi connectivity index (χ0n) is 9.96. The van der Waals surface area contributed by atoms with Crippen LogP contribution in [0.5, 0.6) is 5.75 Å². The van der Waals surface area contributed by atoms with E-state index in [0.717, 1.165) is 6.07 Å². The van der Waals surface area contributed by atoms with Crippen LogP contribution >= 0.6 is 23.2 Å². The number of phenols is 1. The van der Waals surface area contributed by atoms with E-state index in [1.165, 1.54) is 12.3 Å². The molecule has 0 bridgehead atoms. The van der Waals surface area contributed by atoms with Gasteiger partial charge in [-0.25, -0.2) is 0 Å². The van der Waals surface area contributed by atoms with Gasteiger partial charge >= 0.3 is 5.69 Å². The maximum absolute atomic E-state index is 10.8. The lowest BCUT2D eigenvalue weighted by atomic mass is 10.2. The van der Waals surface area contributed by atoms with E-state index < -0.39 is 16.4 Å². The molecule has 0 aliphatic carbocycles. The Hall–Kier alpha value is -2.11. The molecule has 102 valence electrons. The summed E-state index contributed by atoms with van der Waals surface area (Å²) in [6.45, 7) is 0. The van der Waals surface area contributed by atoms with Crippen molar-refractivity contribution in [3.63, 3.8) is 0 Å². The van der Waals surface area contributed by atoms with Crippen molar-refractivity contribution in [2.75, 3.05) is 0 Å². The Bertz CT molecular complexity index is 702. The van der Waals surface area contributed by atoms with Gasteiger partial charge in [0.25, 0.3) is 0 Å². The van der Waals surface area contributed by atoms with Crippen molar-refractivity contribution >= 4 is 40.8 Å². The van der Waals surface area contributed by atoms with Gasteiger partial charge in [-0.2, -0.15) is 0 Å². The summed E-state index contributed by atoms with van der Waals surface area (Å²) in [7, 11) is 0. The molecule has 0 saturated heterocycles. The number of phenolic OH excluding ortho intramolecular Hbond substituents is 1. The average molecular weight is 311 g/mol. The lowest BCUT2D eigenvalue weighted by molar-refractivity contribution is -0.385. The number of nitro benzene ring substituents is 1. The molecule has 0 fully saturated rings. The molecule has 2 aromatic carbocycles. The number of nitro groups is 1. The summed E-state index contributed by atoms with van der Waals surface area (Å²) in [5.74, 6) is -0.491. The van der Waals surface area contributed by atoms with Crippen molar-refractivity contribution in [2.45, 2.75) is 0 Å². The summed E-state index contributed by atoms with van der Waals surface area (Å²) in [4.78, 5) is 14.1. The fourth-order valence-corrected chi connectivity index (χ4v) is 1.94. The molecule has 0 aliphatic heterocycles. The minimum absolute atomic E-state index is 0.134. The van der Waals surface area contributed by atoms with Gasteiger partial charge < -0.3 is 5.11 Å². The minimum atomic E-state index is -0.714. The molecule has 20 heavy (non-hydrogen) atoms. The molecule has 1 N–H and O–H groups in total. The van der Waals surface area contributed by atoms with Gasteiger partial charge in [-0.05, 0) is 18.2 Å². The van der Waals surface area contributed by atoms with Crippen LogP contribution in [0.1, 0.15) is 5.56 Å². The number of hydrogen-bond acceptors (Lipinski definition) is 4. The Kier molecular flexibility index (Phi) is 4.22. The van der Waals surface area contributed by atoms with Crippen LogP contribution in [0.2, 0.25) is 10.0 Å². The second-order valence-electron chi connectivity index (χ2n) is 3.83. The molecule has 0 amide bonds.